The van der Waals surface area contributed by atoms with Crippen molar-refractivity contribution in [3.63, 3.8) is 0 Å². The van der Waals surface area contributed by atoms with E-state index in [2.05, 4.69) is 9.88 Å². The van der Waals surface area contributed by atoms with Gasteiger partial charge in [-0.15, -0.1) is 0 Å². The van der Waals surface area contributed by atoms with Crippen LogP contribution in [0.2, 0.25) is 0 Å². The van der Waals surface area contributed by atoms with Gasteiger partial charge in [-0.05, 0) is 37.1 Å². The molecular weight excluding hydrogens is 361 g/mol. The zero-order valence-electron chi connectivity index (χ0n) is 16.1. The summed E-state index contributed by atoms with van der Waals surface area (Å²) in [5, 5.41) is 0. The highest BCUT2D eigenvalue weighted by atomic mass is 19.1. The summed E-state index contributed by atoms with van der Waals surface area (Å²) in [4.78, 5) is 21.0. The predicted molar refractivity (Wildman–Crippen MR) is 103 cm³/mol. The molecule has 2 fully saturated rings. The first-order chi connectivity index (χ1) is 13.6. The maximum absolute atomic E-state index is 13.7. The molecule has 1 unspecified atom stereocenters. The van der Waals surface area contributed by atoms with Gasteiger partial charge in [0.1, 0.15) is 5.82 Å². The van der Waals surface area contributed by atoms with Crippen LogP contribution in [0.3, 0.4) is 0 Å². The summed E-state index contributed by atoms with van der Waals surface area (Å²) >= 11 is 0. The maximum Gasteiger partial charge on any atom is 0.255 e. The first-order valence-corrected chi connectivity index (χ1v) is 9.43. The number of aromatic nitrogens is 1. The molecule has 2 aliphatic rings. The molecule has 4 rings (SSSR count). The van der Waals surface area contributed by atoms with Crippen LogP contribution < -0.4 is 9.64 Å². The molecule has 1 amide bonds. The van der Waals surface area contributed by atoms with Crippen molar-refractivity contribution in [1.29, 1.82) is 0 Å². The smallest absolute Gasteiger partial charge is 0.255 e. The van der Waals surface area contributed by atoms with Crippen LogP contribution in [0, 0.1) is 5.82 Å². The number of ether oxygens (including phenoxy) is 2. The number of hydrogen-bond acceptors (Lipinski definition) is 5. The molecule has 2 saturated heterocycles. The number of nitrogens with zero attached hydrogens (tertiary/aromatic N) is 3. The third kappa shape index (κ3) is 3.09. The second-order valence-corrected chi connectivity index (χ2v) is 7.30. The molecule has 2 aliphatic heterocycles. The Morgan fingerprint density at radius 1 is 1.21 bits per heavy atom. The van der Waals surface area contributed by atoms with E-state index in [1.54, 1.807) is 44.7 Å². The molecule has 2 aromatic rings. The normalized spacial score (nSPS) is 20.8. The molecule has 0 bridgehead atoms. The molecule has 6 nitrogen and oxygen atoms in total. The van der Waals surface area contributed by atoms with Gasteiger partial charge in [-0.3, -0.25) is 4.79 Å². The predicted octanol–water partition coefficient (Wildman–Crippen LogP) is 2.74. The van der Waals surface area contributed by atoms with Crippen LogP contribution >= 0.6 is 0 Å². The third-order valence-electron chi connectivity index (χ3n) is 6.00. The van der Waals surface area contributed by atoms with Gasteiger partial charge in [0.15, 0.2) is 0 Å². The number of rotatable bonds is 4. The Morgan fingerprint density at radius 3 is 2.61 bits per heavy atom. The summed E-state index contributed by atoms with van der Waals surface area (Å²) in [6.45, 7) is 1.98. The topological polar surface area (TPSA) is 54.9 Å². The second kappa shape index (κ2) is 7.39. The van der Waals surface area contributed by atoms with Crippen molar-refractivity contribution in [3.8, 4) is 5.88 Å². The van der Waals surface area contributed by atoms with Gasteiger partial charge in [0.25, 0.3) is 5.91 Å². The molecule has 0 aliphatic carbocycles. The van der Waals surface area contributed by atoms with E-state index in [1.165, 1.54) is 6.07 Å². The number of methoxy groups -OCH3 is 2. The van der Waals surface area contributed by atoms with Gasteiger partial charge in [0.2, 0.25) is 5.88 Å². The fourth-order valence-corrected chi connectivity index (χ4v) is 4.38. The Kier molecular flexibility index (Phi) is 4.93. The molecule has 1 atom stereocenters. The van der Waals surface area contributed by atoms with Crippen LogP contribution in [-0.2, 0) is 4.74 Å². The minimum Gasteiger partial charge on any atom is -0.481 e. The van der Waals surface area contributed by atoms with E-state index in [9.17, 15) is 9.18 Å². The van der Waals surface area contributed by atoms with E-state index < -0.39 is 0 Å². The lowest BCUT2D eigenvalue weighted by Gasteiger charge is -2.61. The summed E-state index contributed by atoms with van der Waals surface area (Å²) in [5.74, 6) is 0.209. The summed E-state index contributed by atoms with van der Waals surface area (Å²) in [6, 6.07) is 10.1. The molecule has 28 heavy (non-hydrogen) atoms. The highest BCUT2D eigenvalue weighted by molar-refractivity contribution is 5.94. The SMILES string of the molecule is COc1ccc(C(=O)N2CCC3(CC2)C(OC)CN3c2cccc(F)c2)cn1. The van der Waals surface area contributed by atoms with Crippen LogP contribution in [0.1, 0.15) is 23.2 Å². The number of anilines is 1. The molecule has 1 spiro atoms. The van der Waals surface area contributed by atoms with Crippen molar-refractivity contribution in [1.82, 2.24) is 9.88 Å². The zero-order valence-corrected chi connectivity index (χ0v) is 16.1. The van der Waals surface area contributed by atoms with Crippen molar-refractivity contribution in [2.24, 2.45) is 0 Å². The van der Waals surface area contributed by atoms with E-state index in [0.29, 0.717) is 24.5 Å². The van der Waals surface area contributed by atoms with E-state index in [0.717, 1.165) is 25.1 Å². The van der Waals surface area contributed by atoms with Crippen LogP contribution in [0.25, 0.3) is 0 Å². The molecule has 7 heteroatoms. The Bertz CT molecular complexity index is 850. The first kappa shape index (κ1) is 18.7. The number of carbonyl (C=O) groups is 1. The van der Waals surface area contributed by atoms with Crippen molar-refractivity contribution in [2.45, 2.75) is 24.5 Å². The highest BCUT2D eigenvalue weighted by Crippen LogP contribution is 2.44. The zero-order chi connectivity index (χ0) is 19.7. The summed E-state index contributed by atoms with van der Waals surface area (Å²) in [7, 11) is 3.26. The lowest BCUT2D eigenvalue weighted by molar-refractivity contribution is -0.0433. The number of pyridine rings is 1. The molecule has 148 valence electrons. The van der Waals surface area contributed by atoms with Gasteiger partial charge in [-0.25, -0.2) is 9.37 Å². The van der Waals surface area contributed by atoms with E-state index in [4.69, 9.17) is 9.47 Å². The third-order valence-corrected chi connectivity index (χ3v) is 6.00. The van der Waals surface area contributed by atoms with Crippen LogP contribution in [0.4, 0.5) is 10.1 Å². The maximum atomic E-state index is 13.7. The summed E-state index contributed by atoms with van der Waals surface area (Å²) in [6.07, 6.45) is 3.18. The molecule has 0 saturated carbocycles. The Hall–Kier alpha value is -2.67. The van der Waals surface area contributed by atoms with Crippen molar-refractivity contribution in [2.75, 3.05) is 38.8 Å². The van der Waals surface area contributed by atoms with Gasteiger partial charge in [0, 0.05) is 44.7 Å². The summed E-state index contributed by atoms with van der Waals surface area (Å²) in [5.41, 5.74) is 1.22. The minimum atomic E-state index is -0.242. The molecule has 0 N–H and O–H groups in total. The van der Waals surface area contributed by atoms with Gasteiger partial charge in [-0.2, -0.15) is 0 Å². The number of hydrogen-bond donors (Lipinski definition) is 0. The van der Waals surface area contributed by atoms with Gasteiger partial charge in [-0.1, -0.05) is 6.07 Å². The molecular formula is C21H24FN3O3. The monoisotopic (exact) mass is 385 g/mol. The largest absolute Gasteiger partial charge is 0.481 e. The Morgan fingerprint density at radius 2 is 2.00 bits per heavy atom. The van der Waals surface area contributed by atoms with E-state index in [1.807, 2.05) is 11.0 Å². The number of amides is 1. The molecule has 1 aromatic heterocycles. The van der Waals surface area contributed by atoms with Crippen LogP contribution in [-0.4, -0.2) is 61.3 Å². The number of carbonyl (C=O) groups excluding carboxylic acids is 1. The van der Waals surface area contributed by atoms with Gasteiger partial charge in [0.05, 0.1) is 24.3 Å². The number of halogens is 1. The summed E-state index contributed by atoms with van der Waals surface area (Å²) < 4.78 is 24.5. The lowest BCUT2D eigenvalue weighted by Crippen LogP contribution is -2.74. The quantitative estimate of drug-likeness (QED) is 0.810. The van der Waals surface area contributed by atoms with Gasteiger partial charge >= 0.3 is 0 Å². The number of likely N-dealkylation sites (tertiary alicyclic amines) is 1. The lowest BCUT2D eigenvalue weighted by atomic mass is 9.73. The van der Waals surface area contributed by atoms with Crippen molar-refractivity contribution < 1.29 is 18.7 Å². The average Bonchev–Trinajstić information content (AvgIpc) is 2.73. The Labute approximate surface area is 163 Å². The molecule has 3 heterocycles. The first-order valence-electron chi connectivity index (χ1n) is 9.43. The minimum absolute atomic E-state index is 0.0319. The average molecular weight is 385 g/mol. The number of benzene rings is 1. The number of piperidine rings is 1. The van der Waals surface area contributed by atoms with E-state index in [-0.39, 0.29) is 23.4 Å². The van der Waals surface area contributed by atoms with Crippen molar-refractivity contribution >= 4 is 11.6 Å². The highest BCUT2D eigenvalue weighted by Gasteiger charge is 2.55. The molecule has 0 radical (unpaired) electrons. The van der Waals surface area contributed by atoms with E-state index >= 15 is 0 Å². The second-order valence-electron chi connectivity index (χ2n) is 7.30. The fourth-order valence-electron chi connectivity index (χ4n) is 4.38. The van der Waals surface area contributed by atoms with Crippen LogP contribution in [0.5, 0.6) is 5.88 Å². The molecule has 1 aromatic carbocycles. The fraction of sp³-hybridized carbons (Fsp3) is 0.429. The Balaban J connectivity index is 1.48. The standard InChI is InChI=1S/C21H24FN3O3/c1-27-18-14-25(17-5-3-4-16(22)12-17)21(18)8-10-24(11-9-21)20(26)15-6-7-19(28-2)23-13-15/h3-7,12-13,18H,8-11,14H2,1-2H3. The van der Waals surface area contributed by atoms with Gasteiger partial charge < -0.3 is 19.3 Å². The van der Waals surface area contributed by atoms with Crippen molar-refractivity contribution in [3.05, 3.63) is 54.0 Å². The van der Waals surface area contributed by atoms with Crippen LogP contribution in [0.15, 0.2) is 42.6 Å².